The second kappa shape index (κ2) is 13.1. The van der Waals surface area contributed by atoms with Gasteiger partial charge in [-0.1, -0.05) is 6.92 Å². The van der Waals surface area contributed by atoms with E-state index < -0.39 is 41.3 Å². The van der Waals surface area contributed by atoms with Crippen molar-refractivity contribution in [3.63, 3.8) is 0 Å². The molecule has 1 aliphatic rings. The van der Waals surface area contributed by atoms with E-state index in [1.54, 1.807) is 32.0 Å². The van der Waals surface area contributed by atoms with Crippen LogP contribution in [0, 0.1) is 0 Å². The lowest BCUT2D eigenvalue weighted by Gasteiger charge is -2.48. The first-order valence-electron chi connectivity index (χ1n) is 14.1. The highest BCUT2D eigenvalue weighted by Gasteiger charge is 2.49. The molecule has 1 aliphatic heterocycles. The fourth-order valence-corrected chi connectivity index (χ4v) is 5.60. The minimum atomic E-state index is -4.66. The van der Waals surface area contributed by atoms with Gasteiger partial charge in [-0.25, -0.2) is 14.8 Å². The van der Waals surface area contributed by atoms with Crippen molar-refractivity contribution >= 4 is 17.7 Å². The lowest BCUT2D eigenvalue weighted by molar-refractivity contribution is -0.138. The van der Waals surface area contributed by atoms with Crippen LogP contribution in [0.15, 0.2) is 48.8 Å². The van der Waals surface area contributed by atoms with Gasteiger partial charge in [-0.3, -0.25) is 9.69 Å². The molecule has 3 aromatic rings. The maximum absolute atomic E-state index is 14.1. The number of carboxylic acids is 1. The summed E-state index contributed by atoms with van der Waals surface area (Å²) in [6.07, 6.45) is -2.05. The van der Waals surface area contributed by atoms with Gasteiger partial charge in [-0.2, -0.15) is 13.2 Å². The standard InChI is InChI=1S/C31H35F3N4O6/c1-5-30(35)15-24(23-13-20(31(32,33)34)8-9-25(23)38(30)29(41)44-6-2)27(19-11-21(42-3)14-22(12-19)43-4)28-36-16-18(17-37-28)7-10-26(39)40/h8-9,11-14,16-17,24,27H,5-7,10,15,35H2,1-4H3,(H,39,40)/t24-,27?,30-/m1/s1. The Morgan fingerprint density at radius 1 is 1.09 bits per heavy atom. The highest BCUT2D eigenvalue weighted by Crippen LogP contribution is 2.52. The summed E-state index contributed by atoms with van der Waals surface area (Å²) in [4.78, 5) is 34.7. The fourth-order valence-electron chi connectivity index (χ4n) is 5.60. The van der Waals surface area contributed by atoms with Gasteiger partial charge in [0, 0.05) is 30.8 Å². The zero-order valence-electron chi connectivity index (χ0n) is 24.9. The highest BCUT2D eigenvalue weighted by molar-refractivity contribution is 5.91. The minimum Gasteiger partial charge on any atom is -0.497 e. The zero-order chi connectivity index (χ0) is 32.2. The molecule has 1 amide bonds. The molecular formula is C31H35F3N4O6. The van der Waals surface area contributed by atoms with Crippen LogP contribution >= 0.6 is 0 Å². The molecule has 0 bridgehead atoms. The normalized spacial score (nSPS) is 18.7. The molecule has 2 aromatic carbocycles. The number of anilines is 1. The van der Waals surface area contributed by atoms with Gasteiger partial charge in [0.05, 0.1) is 43.7 Å². The molecule has 0 radical (unpaired) electrons. The average Bonchev–Trinajstić information content (AvgIpc) is 2.99. The number of aryl methyl sites for hydroxylation is 1. The molecule has 1 aromatic heterocycles. The van der Waals surface area contributed by atoms with Gasteiger partial charge in [-0.05, 0) is 73.2 Å². The second-order valence-corrected chi connectivity index (χ2v) is 10.5. The smallest absolute Gasteiger partial charge is 0.416 e. The number of carboxylic acid groups (broad SMARTS) is 1. The number of nitrogens with two attached hydrogens (primary N) is 1. The number of carbonyl (C=O) groups excluding carboxylic acids is 1. The maximum atomic E-state index is 14.1. The van der Waals surface area contributed by atoms with Crippen LogP contribution in [0.4, 0.5) is 23.7 Å². The molecule has 0 fully saturated rings. The van der Waals surface area contributed by atoms with E-state index in [1.807, 2.05) is 0 Å². The Labute approximate surface area is 253 Å². The number of amides is 1. The van der Waals surface area contributed by atoms with Crippen molar-refractivity contribution in [3.8, 4) is 11.5 Å². The van der Waals surface area contributed by atoms with Crippen LogP contribution in [-0.2, 0) is 22.1 Å². The summed E-state index contributed by atoms with van der Waals surface area (Å²) in [6, 6.07) is 8.31. The van der Waals surface area contributed by atoms with Gasteiger partial charge >= 0.3 is 18.2 Å². The van der Waals surface area contributed by atoms with Crippen molar-refractivity contribution in [2.75, 3.05) is 25.7 Å². The maximum Gasteiger partial charge on any atom is 0.416 e. The Morgan fingerprint density at radius 2 is 1.73 bits per heavy atom. The van der Waals surface area contributed by atoms with E-state index in [-0.39, 0.29) is 49.4 Å². The molecule has 3 N–H and O–H groups in total. The van der Waals surface area contributed by atoms with Crippen LogP contribution in [0.2, 0.25) is 0 Å². The van der Waals surface area contributed by atoms with E-state index in [0.717, 1.165) is 12.1 Å². The van der Waals surface area contributed by atoms with Gasteiger partial charge in [0.15, 0.2) is 0 Å². The monoisotopic (exact) mass is 616 g/mol. The molecule has 44 heavy (non-hydrogen) atoms. The Hall–Kier alpha value is -4.39. The number of ether oxygens (including phenoxy) is 3. The number of carbonyl (C=O) groups is 2. The van der Waals surface area contributed by atoms with Gasteiger partial charge in [0.2, 0.25) is 0 Å². The van der Waals surface area contributed by atoms with E-state index in [9.17, 15) is 22.8 Å². The molecule has 3 atom stereocenters. The molecule has 4 rings (SSSR count). The first kappa shape index (κ1) is 32.5. The number of nitrogens with zero attached hydrogens (tertiary/aromatic N) is 3. The van der Waals surface area contributed by atoms with E-state index in [1.165, 1.54) is 37.6 Å². The summed E-state index contributed by atoms with van der Waals surface area (Å²) in [7, 11) is 2.96. The predicted octanol–water partition coefficient (Wildman–Crippen LogP) is 5.88. The molecule has 0 saturated carbocycles. The van der Waals surface area contributed by atoms with E-state index in [2.05, 4.69) is 9.97 Å². The van der Waals surface area contributed by atoms with Crippen molar-refractivity contribution in [1.82, 2.24) is 9.97 Å². The number of hydrogen-bond acceptors (Lipinski definition) is 8. The molecular weight excluding hydrogens is 581 g/mol. The number of alkyl halides is 3. The van der Waals surface area contributed by atoms with Crippen LogP contribution < -0.4 is 20.1 Å². The third-order valence-corrected chi connectivity index (χ3v) is 7.84. The number of aromatic nitrogens is 2. The molecule has 236 valence electrons. The van der Waals surface area contributed by atoms with Crippen LogP contribution in [0.25, 0.3) is 0 Å². The van der Waals surface area contributed by atoms with Crippen LogP contribution in [-0.4, -0.2) is 53.6 Å². The zero-order valence-corrected chi connectivity index (χ0v) is 24.9. The summed E-state index contributed by atoms with van der Waals surface area (Å²) in [5.74, 6) is -1.39. The number of hydrogen-bond donors (Lipinski definition) is 2. The number of fused-ring (bicyclic) bond motifs is 1. The van der Waals surface area contributed by atoms with Gasteiger partial charge in [0.25, 0.3) is 0 Å². The van der Waals surface area contributed by atoms with Gasteiger partial charge in [-0.15, -0.1) is 0 Å². The minimum absolute atomic E-state index is 0.0327. The molecule has 0 aliphatic carbocycles. The van der Waals surface area contributed by atoms with Crippen molar-refractivity contribution in [1.29, 1.82) is 0 Å². The Kier molecular flexibility index (Phi) is 9.67. The van der Waals surface area contributed by atoms with Gasteiger partial charge in [0.1, 0.15) is 17.3 Å². The molecule has 1 unspecified atom stereocenters. The summed E-state index contributed by atoms with van der Waals surface area (Å²) in [5.41, 5.74) is 6.25. The third-order valence-electron chi connectivity index (χ3n) is 7.84. The predicted molar refractivity (Wildman–Crippen MR) is 155 cm³/mol. The first-order valence-corrected chi connectivity index (χ1v) is 14.1. The highest BCUT2D eigenvalue weighted by atomic mass is 19.4. The van der Waals surface area contributed by atoms with Crippen LogP contribution in [0.3, 0.4) is 0 Å². The second-order valence-electron chi connectivity index (χ2n) is 10.5. The number of methoxy groups -OCH3 is 2. The van der Waals surface area contributed by atoms with E-state index in [4.69, 9.17) is 25.1 Å². The van der Waals surface area contributed by atoms with E-state index in [0.29, 0.717) is 22.6 Å². The van der Waals surface area contributed by atoms with Crippen molar-refractivity contribution < 1.29 is 42.1 Å². The van der Waals surface area contributed by atoms with Gasteiger partial charge < -0.3 is 25.1 Å². The largest absolute Gasteiger partial charge is 0.497 e. The quantitative estimate of drug-likeness (QED) is 0.286. The Morgan fingerprint density at radius 3 is 2.25 bits per heavy atom. The Balaban J connectivity index is 1.99. The molecule has 10 nitrogen and oxygen atoms in total. The van der Waals surface area contributed by atoms with Crippen LogP contribution in [0.1, 0.15) is 73.0 Å². The third kappa shape index (κ3) is 6.72. The lowest BCUT2D eigenvalue weighted by Crippen LogP contribution is -2.62. The number of rotatable bonds is 10. The Bertz CT molecular complexity index is 1480. The van der Waals surface area contributed by atoms with Crippen molar-refractivity contribution in [2.24, 2.45) is 5.73 Å². The summed E-state index contributed by atoms with van der Waals surface area (Å²) < 4.78 is 58.5. The van der Waals surface area contributed by atoms with Crippen LogP contribution in [0.5, 0.6) is 11.5 Å². The summed E-state index contributed by atoms with van der Waals surface area (Å²) in [6.45, 7) is 3.46. The number of halogens is 3. The van der Waals surface area contributed by atoms with Crippen molar-refractivity contribution in [2.45, 2.75) is 63.2 Å². The lowest BCUT2D eigenvalue weighted by atomic mass is 9.71. The average molecular weight is 617 g/mol. The SMILES string of the molecule is CCOC(=O)N1c2ccc(C(F)(F)F)cc2[C@H](C(c2cc(OC)cc(OC)c2)c2ncc(CCC(=O)O)cn2)C[C@@]1(N)CC. The summed E-state index contributed by atoms with van der Waals surface area (Å²) in [5, 5.41) is 9.08. The van der Waals surface area contributed by atoms with E-state index >= 15 is 0 Å². The molecule has 13 heteroatoms. The molecule has 0 saturated heterocycles. The number of benzene rings is 2. The molecule has 2 heterocycles. The molecule has 0 spiro atoms. The topological polar surface area (TPSA) is 137 Å². The summed E-state index contributed by atoms with van der Waals surface area (Å²) >= 11 is 0. The first-order chi connectivity index (χ1) is 20.8. The van der Waals surface area contributed by atoms with Crippen molar-refractivity contribution in [3.05, 3.63) is 76.9 Å². The number of aliphatic carboxylic acids is 1. The fraction of sp³-hybridized carbons (Fsp3) is 0.419.